The molecule has 11 heteroatoms. The Balaban J connectivity index is 1.31. The molecule has 1 aromatic carbocycles. The number of ether oxygens (including phenoxy) is 1. The van der Waals surface area contributed by atoms with Gasteiger partial charge in [0, 0.05) is 43.1 Å². The van der Waals surface area contributed by atoms with E-state index < -0.39 is 20.0 Å². The average molecular weight is 556 g/mol. The summed E-state index contributed by atoms with van der Waals surface area (Å²) in [5.41, 5.74) is 1.34. The van der Waals surface area contributed by atoms with Crippen LogP contribution in [0.4, 0.5) is 0 Å². The Labute approximate surface area is 219 Å². The van der Waals surface area contributed by atoms with E-state index in [-0.39, 0.29) is 22.8 Å². The molecule has 3 heterocycles. The summed E-state index contributed by atoms with van der Waals surface area (Å²) in [5, 5.41) is 0.544. The number of halogens is 1. The predicted octanol–water partition coefficient (Wildman–Crippen LogP) is 4.16. The zero-order valence-corrected chi connectivity index (χ0v) is 23.2. The Bertz CT molecular complexity index is 1260. The first-order valence-corrected chi connectivity index (χ1v) is 15.8. The van der Waals surface area contributed by atoms with Crippen molar-refractivity contribution in [1.29, 1.82) is 0 Å². The molecule has 1 atom stereocenters. The van der Waals surface area contributed by atoms with Gasteiger partial charge in [0.25, 0.3) is 0 Å². The Morgan fingerprint density at radius 1 is 1.00 bits per heavy atom. The van der Waals surface area contributed by atoms with E-state index in [0.717, 1.165) is 24.2 Å². The molecule has 4 rings (SSSR count). The molecule has 0 radical (unpaired) electrons. The van der Waals surface area contributed by atoms with Gasteiger partial charge < -0.3 is 4.74 Å². The van der Waals surface area contributed by atoms with E-state index in [1.165, 1.54) is 0 Å². The van der Waals surface area contributed by atoms with Crippen molar-refractivity contribution < 1.29 is 21.6 Å². The van der Waals surface area contributed by atoms with Gasteiger partial charge in [-0.05, 0) is 87.8 Å². The number of aryl methyl sites for hydroxylation is 2. The lowest BCUT2D eigenvalue weighted by atomic mass is 10.1. The van der Waals surface area contributed by atoms with Crippen LogP contribution in [0.3, 0.4) is 0 Å². The van der Waals surface area contributed by atoms with Crippen LogP contribution in [-0.4, -0.2) is 68.0 Å². The highest BCUT2D eigenvalue weighted by Crippen LogP contribution is 2.32. The average Bonchev–Trinajstić information content (AvgIpc) is 3.32. The topological polar surface area (TPSA) is 96.9 Å². The highest BCUT2D eigenvalue weighted by Gasteiger charge is 2.36. The van der Waals surface area contributed by atoms with E-state index in [2.05, 4.69) is 4.98 Å². The van der Waals surface area contributed by atoms with Gasteiger partial charge in [0.15, 0.2) is 0 Å². The second-order valence-corrected chi connectivity index (χ2v) is 14.0. The molecular formula is C25H34ClN3O5S2. The fourth-order valence-electron chi connectivity index (χ4n) is 5.04. The molecule has 198 valence electrons. The number of rotatable bonds is 9. The van der Waals surface area contributed by atoms with Crippen LogP contribution < -0.4 is 4.74 Å². The van der Waals surface area contributed by atoms with E-state index in [1.807, 2.05) is 0 Å². The summed E-state index contributed by atoms with van der Waals surface area (Å²) in [5.74, 6) is 0.762. The van der Waals surface area contributed by atoms with Crippen LogP contribution in [0.25, 0.3) is 0 Å². The lowest BCUT2D eigenvalue weighted by Crippen LogP contribution is -2.43. The molecule has 0 spiro atoms. The first kappa shape index (κ1) is 27.3. The van der Waals surface area contributed by atoms with Crippen LogP contribution in [0, 0.1) is 13.8 Å². The van der Waals surface area contributed by atoms with Gasteiger partial charge in [-0.25, -0.2) is 21.1 Å². The summed E-state index contributed by atoms with van der Waals surface area (Å²) < 4.78 is 61.9. The maximum absolute atomic E-state index is 13.4. The molecule has 1 unspecified atom stereocenters. The van der Waals surface area contributed by atoms with Crippen molar-refractivity contribution in [2.75, 3.05) is 25.4 Å². The molecule has 0 amide bonds. The Morgan fingerprint density at radius 2 is 1.69 bits per heavy atom. The normalized spacial score (nSPS) is 20.6. The number of pyridine rings is 1. The lowest BCUT2D eigenvalue weighted by Gasteiger charge is -2.31. The molecule has 1 aromatic heterocycles. The number of piperidine rings is 1. The number of benzene rings is 1. The van der Waals surface area contributed by atoms with Crippen LogP contribution >= 0.6 is 11.6 Å². The number of nitrogens with zero attached hydrogens (tertiary/aromatic N) is 3. The molecule has 36 heavy (non-hydrogen) atoms. The summed E-state index contributed by atoms with van der Waals surface area (Å²) in [6, 6.07) is 6.72. The first-order chi connectivity index (χ1) is 17.1. The van der Waals surface area contributed by atoms with E-state index in [9.17, 15) is 16.8 Å². The second kappa shape index (κ2) is 11.3. The van der Waals surface area contributed by atoms with Gasteiger partial charge in [0.05, 0.1) is 10.6 Å². The van der Waals surface area contributed by atoms with E-state index in [0.29, 0.717) is 55.9 Å². The summed E-state index contributed by atoms with van der Waals surface area (Å²) in [6.45, 7) is 4.85. The van der Waals surface area contributed by atoms with Gasteiger partial charge in [0.1, 0.15) is 11.9 Å². The Hall–Kier alpha value is -1.72. The third kappa shape index (κ3) is 6.22. The van der Waals surface area contributed by atoms with Gasteiger partial charge in [-0.15, -0.1) is 0 Å². The van der Waals surface area contributed by atoms with E-state index in [4.69, 9.17) is 16.3 Å². The lowest BCUT2D eigenvalue weighted by molar-refractivity contribution is 0.135. The molecule has 8 nitrogen and oxygen atoms in total. The van der Waals surface area contributed by atoms with E-state index >= 15 is 0 Å². The standard InChI is InChI=1S/C25H34ClN3O5S2/c1-19-18-25(20(2)17-24(19)26)36(32,33)29-13-3-5-21(29)6-4-16-35(30,31)28-14-9-23(10-15-28)34-22-7-11-27-12-8-22/h7-8,11-12,17-18,21,23H,3-6,9-10,13-16H2,1-2H3. The fraction of sp³-hybridized carbons (Fsp3) is 0.560. The molecule has 2 aromatic rings. The molecule has 0 N–H and O–H groups in total. The molecule has 2 aliphatic rings. The van der Waals surface area contributed by atoms with Crippen molar-refractivity contribution in [3.8, 4) is 5.75 Å². The third-order valence-electron chi connectivity index (χ3n) is 7.05. The molecule has 0 bridgehead atoms. The van der Waals surface area contributed by atoms with Crippen LogP contribution in [0.2, 0.25) is 5.02 Å². The van der Waals surface area contributed by atoms with E-state index in [1.54, 1.807) is 59.1 Å². The maximum atomic E-state index is 13.4. The summed E-state index contributed by atoms with van der Waals surface area (Å²) >= 11 is 6.17. The predicted molar refractivity (Wildman–Crippen MR) is 140 cm³/mol. The molecule has 2 aliphatic heterocycles. The van der Waals surface area contributed by atoms with Gasteiger partial charge in [-0.2, -0.15) is 4.31 Å². The zero-order valence-electron chi connectivity index (χ0n) is 20.8. The number of hydrogen-bond donors (Lipinski definition) is 0. The van der Waals surface area contributed by atoms with Crippen molar-refractivity contribution >= 4 is 31.6 Å². The van der Waals surface area contributed by atoms with Crippen LogP contribution in [-0.2, 0) is 20.0 Å². The first-order valence-electron chi connectivity index (χ1n) is 12.4. The van der Waals surface area contributed by atoms with Gasteiger partial charge in [0.2, 0.25) is 20.0 Å². The smallest absolute Gasteiger partial charge is 0.243 e. The monoisotopic (exact) mass is 555 g/mol. The van der Waals surface area contributed by atoms with Gasteiger partial charge in [-0.1, -0.05) is 11.6 Å². The Morgan fingerprint density at radius 3 is 2.39 bits per heavy atom. The third-order valence-corrected chi connectivity index (χ3v) is 11.5. The second-order valence-electron chi connectivity index (χ2n) is 9.64. The van der Waals surface area contributed by atoms with Crippen molar-refractivity contribution in [2.24, 2.45) is 0 Å². The largest absolute Gasteiger partial charge is 0.490 e. The van der Waals surface area contributed by atoms with Gasteiger partial charge in [-0.3, -0.25) is 4.98 Å². The molecule has 0 saturated carbocycles. The highest BCUT2D eigenvalue weighted by molar-refractivity contribution is 7.89. The van der Waals surface area contributed by atoms with Crippen LogP contribution in [0.1, 0.15) is 49.7 Å². The summed E-state index contributed by atoms with van der Waals surface area (Å²) in [7, 11) is -7.09. The Kier molecular flexibility index (Phi) is 8.61. The van der Waals surface area contributed by atoms with Crippen molar-refractivity contribution in [3.05, 3.63) is 52.8 Å². The quantitative estimate of drug-likeness (QED) is 0.461. The highest BCUT2D eigenvalue weighted by atomic mass is 35.5. The maximum Gasteiger partial charge on any atom is 0.243 e. The number of hydrogen-bond acceptors (Lipinski definition) is 6. The van der Waals surface area contributed by atoms with Crippen molar-refractivity contribution in [1.82, 2.24) is 13.6 Å². The zero-order chi connectivity index (χ0) is 25.9. The molecule has 2 fully saturated rings. The number of aromatic nitrogens is 1. The summed E-state index contributed by atoms with van der Waals surface area (Å²) in [4.78, 5) is 4.25. The fourth-order valence-corrected chi connectivity index (χ4v) is 8.83. The SMILES string of the molecule is Cc1cc(S(=O)(=O)N2CCCC2CCCS(=O)(=O)N2CCC(Oc3ccncc3)CC2)c(C)cc1Cl. The minimum absolute atomic E-state index is 0.0175. The van der Waals surface area contributed by atoms with Crippen molar-refractivity contribution in [3.63, 3.8) is 0 Å². The van der Waals surface area contributed by atoms with Crippen LogP contribution in [0.15, 0.2) is 41.6 Å². The molecule has 2 saturated heterocycles. The van der Waals surface area contributed by atoms with Gasteiger partial charge >= 0.3 is 0 Å². The molecule has 0 aliphatic carbocycles. The van der Waals surface area contributed by atoms with Crippen molar-refractivity contribution in [2.45, 2.75) is 69.4 Å². The molecular weight excluding hydrogens is 522 g/mol. The summed E-state index contributed by atoms with van der Waals surface area (Å²) in [6.07, 6.45) is 7.04. The number of sulfonamides is 2. The minimum atomic E-state index is -3.68. The van der Waals surface area contributed by atoms with Crippen LogP contribution in [0.5, 0.6) is 5.75 Å². The minimum Gasteiger partial charge on any atom is -0.490 e.